The molecule has 2 nitrogen and oxygen atoms in total. The molecule has 0 aromatic carbocycles. The zero-order valence-corrected chi connectivity index (χ0v) is 9.38. The minimum Gasteiger partial charge on any atom is -0.383 e. The van der Waals surface area contributed by atoms with Crippen LogP contribution < -0.4 is 5.73 Å². The van der Waals surface area contributed by atoms with Crippen molar-refractivity contribution in [2.75, 3.05) is 0 Å². The van der Waals surface area contributed by atoms with Gasteiger partial charge in [0.2, 0.25) is 0 Å². The van der Waals surface area contributed by atoms with Gasteiger partial charge in [0.05, 0.1) is 15.2 Å². The highest BCUT2D eigenvalue weighted by molar-refractivity contribution is 9.13. The van der Waals surface area contributed by atoms with Crippen LogP contribution in [0, 0.1) is 0 Å². The van der Waals surface area contributed by atoms with Gasteiger partial charge in [-0.3, -0.25) is 4.99 Å². The Labute approximate surface area is 84.8 Å². The van der Waals surface area contributed by atoms with E-state index in [0.717, 1.165) is 13.1 Å². The SMILES string of the molecule is NC1=NCc2c1sc(Br)c2Br. The van der Waals surface area contributed by atoms with Gasteiger partial charge in [0, 0.05) is 10.0 Å². The first-order valence-electron chi connectivity index (χ1n) is 2.97. The summed E-state index contributed by atoms with van der Waals surface area (Å²) in [6, 6.07) is 0. The standard InChI is InChI=1S/C6H4Br2N2S/c7-3-2-1-10-6(9)4(2)11-5(3)8/h1H2,(H2,9,10). The van der Waals surface area contributed by atoms with E-state index in [4.69, 9.17) is 5.73 Å². The summed E-state index contributed by atoms with van der Waals surface area (Å²) < 4.78 is 2.20. The molecule has 0 saturated carbocycles. The molecule has 2 heterocycles. The van der Waals surface area contributed by atoms with Crippen molar-refractivity contribution in [1.29, 1.82) is 0 Å². The second-order valence-corrected chi connectivity index (χ2v) is 5.33. The van der Waals surface area contributed by atoms with E-state index in [1.807, 2.05) is 0 Å². The molecule has 0 amide bonds. The Balaban J connectivity index is 2.65. The van der Waals surface area contributed by atoms with Gasteiger partial charge in [0.25, 0.3) is 0 Å². The fourth-order valence-corrected chi connectivity index (χ4v) is 3.27. The number of halogens is 2. The van der Waals surface area contributed by atoms with E-state index >= 15 is 0 Å². The third kappa shape index (κ3) is 1.06. The quantitative estimate of drug-likeness (QED) is 0.785. The fraction of sp³-hybridized carbons (Fsp3) is 0.167. The van der Waals surface area contributed by atoms with Gasteiger partial charge >= 0.3 is 0 Å². The zero-order chi connectivity index (χ0) is 8.01. The van der Waals surface area contributed by atoms with Crippen LogP contribution in [-0.4, -0.2) is 5.84 Å². The Morgan fingerprint density at radius 2 is 2.18 bits per heavy atom. The fourth-order valence-electron chi connectivity index (χ4n) is 0.998. The topological polar surface area (TPSA) is 38.4 Å². The van der Waals surface area contributed by atoms with Crippen LogP contribution >= 0.6 is 43.2 Å². The van der Waals surface area contributed by atoms with Crippen molar-refractivity contribution in [2.45, 2.75) is 6.54 Å². The van der Waals surface area contributed by atoms with Gasteiger partial charge in [-0.25, -0.2) is 0 Å². The summed E-state index contributed by atoms with van der Waals surface area (Å²) in [6.45, 7) is 0.712. The molecule has 1 aromatic rings. The van der Waals surface area contributed by atoms with Gasteiger partial charge in [-0.05, 0) is 31.9 Å². The van der Waals surface area contributed by atoms with Gasteiger partial charge in [-0.2, -0.15) is 0 Å². The molecular weight excluding hydrogens is 292 g/mol. The van der Waals surface area contributed by atoms with Crippen LogP contribution in [0.4, 0.5) is 0 Å². The van der Waals surface area contributed by atoms with Crippen molar-refractivity contribution in [1.82, 2.24) is 0 Å². The number of nitrogens with two attached hydrogens (primary N) is 1. The lowest BCUT2D eigenvalue weighted by molar-refractivity contribution is 1.10. The average molecular weight is 296 g/mol. The number of rotatable bonds is 0. The Bertz CT molecular complexity index is 343. The van der Waals surface area contributed by atoms with Crippen molar-refractivity contribution < 1.29 is 0 Å². The molecule has 0 bridgehead atoms. The maximum absolute atomic E-state index is 5.65. The van der Waals surface area contributed by atoms with E-state index in [1.54, 1.807) is 11.3 Å². The molecule has 0 fully saturated rings. The summed E-state index contributed by atoms with van der Waals surface area (Å²) in [6.07, 6.45) is 0. The monoisotopic (exact) mass is 294 g/mol. The second kappa shape index (κ2) is 2.57. The maximum atomic E-state index is 5.65. The molecule has 1 aliphatic heterocycles. The van der Waals surface area contributed by atoms with Crippen LogP contribution in [0.1, 0.15) is 10.4 Å². The summed E-state index contributed by atoms with van der Waals surface area (Å²) in [5.74, 6) is 0.663. The Hall–Kier alpha value is 0.130. The number of amidine groups is 1. The summed E-state index contributed by atoms with van der Waals surface area (Å²) in [4.78, 5) is 5.22. The Kier molecular flexibility index (Phi) is 1.81. The molecule has 0 spiro atoms. The van der Waals surface area contributed by atoms with E-state index in [0.29, 0.717) is 12.4 Å². The van der Waals surface area contributed by atoms with Crippen molar-refractivity contribution in [3.63, 3.8) is 0 Å². The molecule has 5 heteroatoms. The number of hydrogen-bond donors (Lipinski definition) is 1. The highest BCUT2D eigenvalue weighted by atomic mass is 79.9. The van der Waals surface area contributed by atoms with Crippen molar-refractivity contribution in [2.24, 2.45) is 10.7 Å². The van der Waals surface area contributed by atoms with Crippen LogP contribution in [0.15, 0.2) is 13.3 Å². The van der Waals surface area contributed by atoms with Gasteiger partial charge < -0.3 is 5.73 Å². The number of hydrogen-bond acceptors (Lipinski definition) is 3. The van der Waals surface area contributed by atoms with E-state index in [9.17, 15) is 0 Å². The predicted octanol–water partition coefficient (Wildman–Crippen LogP) is 2.49. The third-order valence-electron chi connectivity index (χ3n) is 1.54. The molecule has 0 atom stereocenters. The molecule has 11 heavy (non-hydrogen) atoms. The van der Waals surface area contributed by atoms with Gasteiger partial charge in [-0.1, -0.05) is 0 Å². The van der Waals surface area contributed by atoms with Gasteiger partial charge in [-0.15, -0.1) is 11.3 Å². The molecule has 0 radical (unpaired) electrons. The molecule has 2 N–H and O–H groups in total. The Morgan fingerprint density at radius 1 is 1.45 bits per heavy atom. The average Bonchev–Trinajstić information content (AvgIpc) is 2.43. The summed E-state index contributed by atoms with van der Waals surface area (Å²) in [7, 11) is 0. The molecule has 2 rings (SSSR count). The molecule has 1 aliphatic rings. The predicted molar refractivity (Wildman–Crippen MR) is 54.1 cm³/mol. The summed E-state index contributed by atoms with van der Waals surface area (Å²) in [5.41, 5.74) is 6.86. The maximum Gasteiger partial charge on any atom is 0.136 e. The first-order valence-corrected chi connectivity index (χ1v) is 5.37. The molecule has 0 aliphatic carbocycles. The molecule has 1 aromatic heterocycles. The normalized spacial score (nSPS) is 14.9. The number of aliphatic imine (C=N–C) groups is 1. The highest BCUT2D eigenvalue weighted by Crippen LogP contribution is 2.39. The van der Waals surface area contributed by atoms with E-state index in [1.165, 1.54) is 5.56 Å². The lowest BCUT2D eigenvalue weighted by Crippen LogP contribution is -2.07. The highest BCUT2D eigenvalue weighted by Gasteiger charge is 2.21. The Morgan fingerprint density at radius 3 is 2.82 bits per heavy atom. The summed E-state index contributed by atoms with van der Waals surface area (Å²) >= 11 is 8.52. The number of fused-ring (bicyclic) bond motifs is 1. The third-order valence-corrected chi connectivity index (χ3v) is 5.14. The van der Waals surface area contributed by atoms with E-state index < -0.39 is 0 Å². The number of thiophene rings is 1. The number of nitrogens with zero attached hydrogens (tertiary/aromatic N) is 1. The van der Waals surface area contributed by atoms with Crippen LogP contribution in [0.2, 0.25) is 0 Å². The van der Waals surface area contributed by atoms with Crippen molar-refractivity contribution in [3.05, 3.63) is 18.7 Å². The van der Waals surface area contributed by atoms with Gasteiger partial charge in [0.15, 0.2) is 0 Å². The largest absolute Gasteiger partial charge is 0.383 e. The lowest BCUT2D eigenvalue weighted by Gasteiger charge is -1.86. The molecule has 0 unspecified atom stereocenters. The van der Waals surface area contributed by atoms with Crippen LogP contribution in [0.3, 0.4) is 0 Å². The smallest absolute Gasteiger partial charge is 0.136 e. The minimum absolute atomic E-state index is 0.663. The van der Waals surface area contributed by atoms with Crippen molar-refractivity contribution >= 4 is 49.0 Å². The molecule has 58 valence electrons. The summed E-state index contributed by atoms with van der Waals surface area (Å²) in [5, 5.41) is 0. The second-order valence-electron chi connectivity index (χ2n) is 2.20. The zero-order valence-electron chi connectivity index (χ0n) is 5.40. The lowest BCUT2D eigenvalue weighted by atomic mass is 10.3. The van der Waals surface area contributed by atoms with Crippen LogP contribution in [0.5, 0.6) is 0 Å². The van der Waals surface area contributed by atoms with Crippen molar-refractivity contribution in [3.8, 4) is 0 Å². The minimum atomic E-state index is 0.663. The van der Waals surface area contributed by atoms with Crippen LogP contribution in [0.25, 0.3) is 0 Å². The molecular formula is C6H4Br2N2S. The first kappa shape index (κ1) is 7.76. The van der Waals surface area contributed by atoms with Gasteiger partial charge in [0.1, 0.15) is 5.84 Å². The van der Waals surface area contributed by atoms with E-state index in [-0.39, 0.29) is 0 Å². The van der Waals surface area contributed by atoms with Crippen LogP contribution in [-0.2, 0) is 6.54 Å². The van der Waals surface area contributed by atoms with E-state index in [2.05, 4.69) is 36.9 Å². The first-order chi connectivity index (χ1) is 5.20. The molecule has 0 saturated heterocycles.